The Hall–Kier alpha value is -3.51. The van der Waals surface area contributed by atoms with Gasteiger partial charge in [0.25, 0.3) is 5.92 Å². The van der Waals surface area contributed by atoms with E-state index in [4.69, 9.17) is 5.26 Å². The number of Topliss-reactive ketones (excluding diaryl/α,β-unsaturated/α-hetero) is 1. The standard InChI is InChI=1S/C26H22F2N4O2S/c1-31-15-35-24-11-17(3-5-22(24)31)16-2-4-21-20(10-16)19(8-9-30-21)23(33)6-7-25(34)32-14-26(27,28)12-18(32)13-29/h2-5,8-11,18H,6-7,12,14-15H2,1H3/t18-/m0/s1. The van der Waals surface area contributed by atoms with Crippen molar-refractivity contribution in [3.05, 3.63) is 54.2 Å². The van der Waals surface area contributed by atoms with Crippen LogP contribution in [-0.2, 0) is 4.79 Å². The fourth-order valence-corrected chi connectivity index (χ4v) is 5.68. The Morgan fingerprint density at radius 3 is 2.74 bits per heavy atom. The van der Waals surface area contributed by atoms with Crippen molar-refractivity contribution in [3.8, 4) is 17.2 Å². The van der Waals surface area contributed by atoms with E-state index in [0.29, 0.717) is 16.5 Å². The van der Waals surface area contributed by atoms with Gasteiger partial charge in [0.2, 0.25) is 5.91 Å². The molecule has 1 fully saturated rings. The predicted octanol–water partition coefficient (Wildman–Crippen LogP) is 5.12. The second kappa shape index (κ2) is 8.93. The van der Waals surface area contributed by atoms with E-state index in [9.17, 15) is 18.4 Å². The van der Waals surface area contributed by atoms with Crippen molar-refractivity contribution < 1.29 is 18.4 Å². The average molecular weight is 493 g/mol. The van der Waals surface area contributed by atoms with E-state index in [1.54, 1.807) is 30.1 Å². The van der Waals surface area contributed by atoms with Crippen LogP contribution in [0.2, 0.25) is 0 Å². The number of rotatable bonds is 5. The van der Waals surface area contributed by atoms with Crippen LogP contribution >= 0.6 is 11.8 Å². The summed E-state index contributed by atoms with van der Waals surface area (Å²) in [5, 5.41) is 9.80. The summed E-state index contributed by atoms with van der Waals surface area (Å²) in [5.74, 6) is -3.05. The average Bonchev–Trinajstić information content (AvgIpc) is 3.39. The molecular formula is C26H22F2N4O2S. The number of aromatic nitrogens is 1. The third-order valence-corrected chi connectivity index (χ3v) is 7.62. The molecule has 0 spiro atoms. The van der Waals surface area contributed by atoms with Gasteiger partial charge in [0, 0.05) is 48.4 Å². The number of likely N-dealkylation sites (tertiary alicyclic amines) is 1. The summed E-state index contributed by atoms with van der Waals surface area (Å²) in [7, 11) is 2.05. The molecule has 0 saturated carbocycles. The molecule has 0 radical (unpaired) electrons. The molecule has 2 aliphatic heterocycles. The topological polar surface area (TPSA) is 77.3 Å². The second-order valence-electron chi connectivity index (χ2n) is 8.89. The van der Waals surface area contributed by atoms with Gasteiger partial charge in [-0.25, -0.2) is 8.78 Å². The van der Waals surface area contributed by atoms with Gasteiger partial charge < -0.3 is 9.80 Å². The largest absolute Gasteiger partial charge is 0.364 e. The molecular weight excluding hydrogens is 470 g/mol. The van der Waals surface area contributed by atoms with Crippen molar-refractivity contribution in [3.63, 3.8) is 0 Å². The maximum absolute atomic E-state index is 13.7. The number of ketones is 1. The molecule has 2 aliphatic rings. The molecule has 1 saturated heterocycles. The van der Waals surface area contributed by atoms with E-state index in [1.807, 2.05) is 18.2 Å². The zero-order valence-corrected chi connectivity index (χ0v) is 19.8. The number of carbonyl (C=O) groups excluding carboxylic acids is 2. The molecule has 0 bridgehead atoms. The van der Waals surface area contributed by atoms with Gasteiger partial charge in [-0.05, 0) is 41.5 Å². The van der Waals surface area contributed by atoms with Gasteiger partial charge in [0.05, 0.1) is 29.7 Å². The first-order valence-corrected chi connectivity index (χ1v) is 12.2. The molecule has 3 aromatic rings. The summed E-state index contributed by atoms with van der Waals surface area (Å²) in [5.41, 5.74) is 4.26. The highest BCUT2D eigenvalue weighted by molar-refractivity contribution is 7.99. The number of hydrogen-bond donors (Lipinski definition) is 0. The maximum Gasteiger partial charge on any atom is 0.268 e. The van der Waals surface area contributed by atoms with E-state index in [1.165, 1.54) is 10.6 Å². The molecule has 3 heterocycles. The van der Waals surface area contributed by atoms with Gasteiger partial charge in [-0.15, -0.1) is 11.8 Å². The molecule has 2 aromatic carbocycles. The highest BCUT2D eigenvalue weighted by Gasteiger charge is 2.47. The second-order valence-corrected chi connectivity index (χ2v) is 9.88. The highest BCUT2D eigenvalue weighted by atomic mass is 32.2. The van der Waals surface area contributed by atoms with Gasteiger partial charge in [0.15, 0.2) is 5.78 Å². The van der Waals surface area contributed by atoms with Crippen LogP contribution in [0, 0.1) is 11.3 Å². The summed E-state index contributed by atoms with van der Waals surface area (Å²) in [4.78, 5) is 34.2. The van der Waals surface area contributed by atoms with Crippen LogP contribution in [0.1, 0.15) is 29.6 Å². The molecule has 9 heteroatoms. The highest BCUT2D eigenvalue weighted by Crippen LogP contribution is 2.40. The zero-order valence-electron chi connectivity index (χ0n) is 19.0. The summed E-state index contributed by atoms with van der Waals surface area (Å²) in [6.45, 7) is -0.783. The minimum Gasteiger partial charge on any atom is -0.364 e. The van der Waals surface area contributed by atoms with E-state index in [2.05, 4.69) is 35.1 Å². The normalized spacial score (nSPS) is 18.5. The Morgan fingerprint density at radius 2 is 1.94 bits per heavy atom. The monoisotopic (exact) mass is 492 g/mol. The number of nitriles is 1. The van der Waals surface area contributed by atoms with Crippen molar-refractivity contribution >= 4 is 40.0 Å². The number of anilines is 1. The zero-order chi connectivity index (χ0) is 24.7. The fourth-order valence-electron chi connectivity index (χ4n) is 4.62. The van der Waals surface area contributed by atoms with Crippen LogP contribution in [-0.4, -0.2) is 53.0 Å². The predicted molar refractivity (Wildman–Crippen MR) is 131 cm³/mol. The molecule has 1 aromatic heterocycles. The minimum absolute atomic E-state index is 0.135. The lowest BCUT2D eigenvalue weighted by Crippen LogP contribution is -2.36. The number of amides is 1. The third kappa shape index (κ3) is 4.46. The van der Waals surface area contributed by atoms with Crippen LogP contribution in [0.15, 0.2) is 53.6 Å². The van der Waals surface area contributed by atoms with Gasteiger partial charge >= 0.3 is 0 Å². The van der Waals surface area contributed by atoms with E-state index in [-0.39, 0.29) is 18.6 Å². The van der Waals surface area contributed by atoms with Crippen LogP contribution in [0.5, 0.6) is 0 Å². The van der Waals surface area contributed by atoms with Gasteiger partial charge in [-0.1, -0.05) is 12.1 Å². The van der Waals surface area contributed by atoms with Crippen LogP contribution in [0.3, 0.4) is 0 Å². The lowest BCUT2D eigenvalue weighted by atomic mass is 9.97. The van der Waals surface area contributed by atoms with E-state index >= 15 is 0 Å². The quantitative estimate of drug-likeness (QED) is 0.460. The van der Waals surface area contributed by atoms with Gasteiger partial charge in [-0.3, -0.25) is 14.6 Å². The SMILES string of the molecule is CN1CSc2cc(-c3ccc4nccc(C(=O)CCC(=O)N5CC(F)(F)C[C@H]5C#N)c4c3)ccc21. The number of nitrogens with zero attached hydrogens (tertiary/aromatic N) is 4. The molecule has 0 unspecified atom stereocenters. The van der Waals surface area contributed by atoms with Crippen molar-refractivity contribution in [2.24, 2.45) is 0 Å². The molecule has 1 amide bonds. The number of hydrogen-bond acceptors (Lipinski definition) is 6. The Balaban J connectivity index is 1.37. The van der Waals surface area contributed by atoms with Crippen molar-refractivity contribution in [2.75, 3.05) is 24.4 Å². The first kappa shape index (κ1) is 23.2. The molecule has 1 atom stereocenters. The first-order chi connectivity index (χ1) is 16.8. The molecule has 5 rings (SSSR count). The molecule has 6 nitrogen and oxygen atoms in total. The summed E-state index contributed by atoms with van der Waals surface area (Å²) >= 11 is 1.77. The minimum atomic E-state index is -3.08. The summed E-state index contributed by atoms with van der Waals surface area (Å²) in [6.07, 6.45) is 0.514. The van der Waals surface area contributed by atoms with Crippen molar-refractivity contribution in [1.29, 1.82) is 5.26 Å². The Morgan fingerprint density at radius 1 is 1.17 bits per heavy atom. The fraction of sp³-hybridized carbons (Fsp3) is 0.308. The van der Waals surface area contributed by atoms with Gasteiger partial charge in [-0.2, -0.15) is 5.26 Å². The lowest BCUT2D eigenvalue weighted by Gasteiger charge is -2.18. The number of carbonyl (C=O) groups is 2. The lowest BCUT2D eigenvalue weighted by molar-refractivity contribution is -0.132. The number of fused-ring (bicyclic) bond motifs is 2. The molecule has 0 aliphatic carbocycles. The number of thioether (sulfide) groups is 1. The Labute approximate surface area is 205 Å². The number of alkyl halides is 2. The van der Waals surface area contributed by atoms with Crippen LogP contribution < -0.4 is 4.90 Å². The number of benzene rings is 2. The Kier molecular flexibility index (Phi) is 5.93. The van der Waals surface area contributed by atoms with E-state index < -0.39 is 30.8 Å². The molecule has 35 heavy (non-hydrogen) atoms. The number of halogens is 2. The van der Waals surface area contributed by atoms with E-state index in [0.717, 1.165) is 21.9 Å². The van der Waals surface area contributed by atoms with Crippen LogP contribution in [0.4, 0.5) is 14.5 Å². The van der Waals surface area contributed by atoms with Crippen molar-refractivity contribution in [2.45, 2.75) is 36.1 Å². The van der Waals surface area contributed by atoms with Crippen LogP contribution in [0.25, 0.3) is 22.0 Å². The molecule has 178 valence electrons. The van der Waals surface area contributed by atoms with Crippen molar-refractivity contribution in [1.82, 2.24) is 9.88 Å². The third-order valence-electron chi connectivity index (χ3n) is 6.47. The maximum atomic E-state index is 13.7. The number of pyridine rings is 1. The Bertz CT molecular complexity index is 1390. The summed E-state index contributed by atoms with van der Waals surface area (Å²) < 4.78 is 27.4. The molecule has 0 N–H and O–H groups in total. The summed E-state index contributed by atoms with van der Waals surface area (Å²) in [6, 6.07) is 14.3. The van der Waals surface area contributed by atoms with Gasteiger partial charge in [0.1, 0.15) is 6.04 Å². The smallest absolute Gasteiger partial charge is 0.268 e. The first-order valence-electron chi connectivity index (χ1n) is 11.2.